The lowest BCUT2D eigenvalue weighted by molar-refractivity contribution is 0.0955. The SMILES string of the molecule is O=C(N/N=C/c1ccc(N2CCCC2)cc1)c1cccc(-n2cccc2)c1. The maximum Gasteiger partial charge on any atom is 0.271 e. The lowest BCUT2D eigenvalue weighted by Gasteiger charge is -2.17. The van der Waals surface area contributed by atoms with Crippen LogP contribution >= 0.6 is 0 Å². The van der Waals surface area contributed by atoms with Crippen LogP contribution < -0.4 is 10.3 Å². The molecule has 0 aliphatic carbocycles. The van der Waals surface area contributed by atoms with Gasteiger partial charge in [-0.1, -0.05) is 18.2 Å². The Hall–Kier alpha value is -3.34. The number of amides is 1. The second kappa shape index (κ2) is 7.91. The second-order valence-corrected chi connectivity index (χ2v) is 6.63. The highest BCUT2D eigenvalue weighted by atomic mass is 16.2. The normalized spacial score (nSPS) is 14.0. The van der Waals surface area contributed by atoms with Crippen LogP contribution in [0.25, 0.3) is 5.69 Å². The summed E-state index contributed by atoms with van der Waals surface area (Å²) < 4.78 is 1.96. The fourth-order valence-electron chi connectivity index (χ4n) is 3.29. The van der Waals surface area contributed by atoms with Crippen molar-refractivity contribution in [3.63, 3.8) is 0 Å². The predicted molar refractivity (Wildman–Crippen MR) is 109 cm³/mol. The van der Waals surface area contributed by atoms with Crippen molar-refractivity contribution >= 4 is 17.8 Å². The Bertz CT molecular complexity index is 923. The van der Waals surface area contributed by atoms with Gasteiger partial charge in [-0.15, -0.1) is 0 Å². The van der Waals surface area contributed by atoms with Crippen molar-refractivity contribution in [3.05, 3.63) is 84.2 Å². The second-order valence-electron chi connectivity index (χ2n) is 6.63. The van der Waals surface area contributed by atoms with Crippen LogP contribution in [0.2, 0.25) is 0 Å². The fraction of sp³-hybridized carbons (Fsp3) is 0.182. The number of benzene rings is 2. The molecule has 1 aliphatic heterocycles. The summed E-state index contributed by atoms with van der Waals surface area (Å²) in [6.45, 7) is 2.26. The summed E-state index contributed by atoms with van der Waals surface area (Å²) in [5.74, 6) is -0.228. The van der Waals surface area contributed by atoms with Gasteiger partial charge in [0, 0.05) is 42.4 Å². The van der Waals surface area contributed by atoms with E-state index in [9.17, 15) is 4.79 Å². The van der Waals surface area contributed by atoms with Gasteiger partial charge in [-0.05, 0) is 60.9 Å². The molecule has 3 aromatic rings. The van der Waals surface area contributed by atoms with Crippen molar-refractivity contribution < 1.29 is 4.79 Å². The van der Waals surface area contributed by atoms with Crippen LogP contribution in [-0.4, -0.2) is 29.8 Å². The molecule has 1 fully saturated rings. The maximum atomic E-state index is 12.3. The Balaban J connectivity index is 1.38. The van der Waals surface area contributed by atoms with Gasteiger partial charge in [0.15, 0.2) is 0 Å². The zero-order valence-corrected chi connectivity index (χ0v) is 15.1. The molecule has 5 nitrogen and oxygen atoms in total. The third kappa shape index (κ3) is 4.08. The lowest BCUT2D eigenvalue weighted by Crippen LogP contribution is -2.18. The molecular formula is C22H22N4O. The standard InChI is InChI=1S/C22H22N4O/c27-22(19-6-5-7-21(16-19)26-14-3-4-15-26)24-23-17-18-8-10-20(11-9-18)25-12-1-2-13-25/h3-11,14-17H,1-2,12-13H2,(H,24,27)/b23-17+. The Kier molecular flexibility index (Phi) is 5.01. The summed E-state index contributed by atoms with van der Waals surface area (Å²) in [6, 6.07) is 19.6. The summed E-state index contributed by atoms with van der Waals surface area (Å²) in [7, 11) is 0. The van der Waals surface area contributed by atoms with E-state index >= 15 is 0 Å². The molecule has 1 saturated heterocycles. The minimum absolute atomic E-state index is 0.228. The molecule has 0 atom stereocenters. The van der Waals surface area contributed by atoms with Crippen LogP contribution in [0, 0.1) is 0 Å². The number of anilines is 1. The van der Waals surface area contributed by atoms with E-state index in [-0.39, 0.29) is 5.91 Å². The number of nitrogens with zero attached hydrogens (tertiary/aromatic N) is 3. The molecule has 27 heavy (non-hydrogen) atoms. The van der Waals surface area contributed by atoms with Crippen LogP contribution in [-0.2, 0) is 0 Å². The van der Waals surface area contributed by atoms with E-state index in [4.69, 9.17) is 0 Å². The number of nitrogens with one attached hydrogen (secondary N) is 1. The van der Waals surface area contributed by atoms with Crippen molar-refractivity contribution in [2.24, 2.45) is 5.10 Å². The van der Waals surface area contributed by atoms with Gasteiger partial charge in [-0.3, -0.25) is 4.79 Å². The van der Waals surface area contributed by atoms with Crippen LogP contribution in [0.1, 0.15) is 28.8 Å². The molecule has 1 aliphatic rings. The predicted octanol–water partition coefficient (Wildman–Crippen LogP) is 3.84. The van der Waals surface area contributed by atoms with E-state index in [2.05, 4.69) is 27.6 Å². The van der Waals surface area contributed by atoms with Gasteiger partial charge in [0.25, 0.3) is 5.91 Å². The smallest absolute Gasteiger partial charge is 0.271 e. The number of carbonyl (C=O) groups is 1. The molecule has 136 valence electrons. The molecule has 0 spiro atoms. The summed E-state index contributed by atoms with van der Waals surface area (Å²) in [5, 5.41) is 4.09. The molecular weight excluding hydrogens is 336 g/mol. The van der Waals surface area contributed by atoms with E-state index in [0.29, 0.717) is 5.56 Å². The van der Waals surface area contributed by atoms with Gasteiger partial charge in [-0.25, -0.2) is 5.43 Å². The number of hydrazone groups is 1. The van der Waals surface area contributed by atoms with Crippen molar-refractivity contribution in [1.29, 1.82) is 0 Å². The Labute approximate surface area is 158 Å². The van der Waals surface area contributed by atoms with Crippen molar-refractivity contribution in [2.45, 2.75) is 12.8 Å². The molecule has 1 amide bonds. The maximum absolute atomic E-state index is 12.3. The summed E-state index contributed by atoms with van der Waals surface area (Å²) >= 11 is 0. The van der Waals surface area contributed by atoms with Crippen LogP contribution in [0.5, 0.6) is 0 Å². The molecule has 1 N–H and O–H groups in total. The Morgan fingerprint density at radius 1 is 0.926 bits per heavy atom. The third-order valence-electron chi connectivity index (χ3n) is 4.75. The summed E-state index contributed by atoms with van der Waals surface area (Å²) in [6.07, 6.45) is 8.09. The van der Waals surface area contributed by atoms with Gasteiger partial charge in [0.2, 0.25) is 0 Å². The first-order chi connectivity index (χ1) is 13.3. The fourth-order valence-corrected chi connectivity index (χ4v) is 3.29. The summed E-state index contributed by atoms with van der Waals surface area (Å²) in [4.78, 5) is 14.7. The third-order valence-corrected chi connectivity index (χ3v) is 4.75. The minimum Gasteiger partial charge on any atom is -0.372 e. The lowest BCUT2D eigenvalue weighted by atomic mass is 10.2. The van der Waals surface area contributed by atoms with Gasteiger partial charge in [-0.2, -0.15) is 5.10 Å². The number of hydrogen-bond acceptors (Lipinski definition) is 3. The molecule has 0 bridgehead atoms. The molecule has 1 aromatic heterocycles. The highest BCUT2D eigenvalue weighted by Crippen LogP contribution is 2.20. The molecule has 0 radical (unpaired) electrons. The molecule has 4 rings (SSSR count). The molecule has 0 saturated carbocycles. The number of carbonyl (C=O) groups excluding carboxylic acids is 1. The molecule has 2 aromatic carbocycles. The van der Waals surface area contributed by atoms with Gasteiger partial charge in [0.1, 0.15) is 0 Å². The average molecular weight is 358 g/mol. The quantitative estimate of drug-likeness (QED) is 0.556. The zero-order valence-electron chi connectivity index (χ0n) is 15.1. The number of aromatic nitrogens is 1. The largest absolute Gasteiger partial charge is 0.372 e. The summed E-state index contributed by atoms with van der Waals surface area (Å²) in [5.41, 5.74) is 6.32. The number of rotatable bonds is 5. The minimum atomic E-state index is -0.228. The Morgan fingerprint density at radius 2 is 1.67 bits per heavy atom. The molecule has 2 heterocycles. The zero-order chi connectivity index (χ0) is 18.5. The Morgan fingerprint density at radius 3 is 2.41 bits per heavy atom. The number of hydrogen-bond donors (Lipinski definition) is 1. The van der Waals surface area contributed by atoms with Crippen molar-refractivity contribution in [2.75, 3.05) is 18.0 Å². The monoisotopic (exact) mass is 358 g/mol. The van der Waals surface area contributed by atoms with E-state index in [0.717, 1.165) is 24.3 Å². The molecule has 0 unspecified atom stereocenters. The van der Waals surface area contributed by atoms with Gasteiger partial charge >= 0.3 is 0 Å². The topological polar surface area (TPSA) is 49.6 Å². The van der Waals surface area contributed by atoms with E-state index in [1.165, 1.54) is 18.5 Å². The average Bonchev–Trinajstić information content (AvgIpc) is 3.43. The highest BCUT2D eigenvalue weighted by Gasteiger charge is 2.11. The van der Waals surface area contributed by atoms with Gasteiger partial charge < -0.3 is 9.47 Å². The molecule has 5 heteroatoms. The highest BCUT2D eigenvalue weighted by molar-refractivity contribution is 5.95. The van der Waals surface area contributed by atoms with Gasteiger partial charge in [0.05, 0.1) is 6.21 Å². The van der Waals surface area contributed by atoms with Crippen LogP contribution in [0.4, 0.5) is 5.69 Å². The van der Waals surface area contributed by atoms with E-state index in [1.54, 1.807) is 12.3 Å². The first kappa shape index (κ1) is 17.1. The van der Waals surface area contributed by atoms with Crippen LogP contribution in [0.3, 0.4) is 0 Å². The first-order valence-corrected chi connectivity index (χ1v) is 9.21. The van der Waals surface area contributed by atoms with E-state index < -0.39 is 0 Å². The van der Waals surface area contributed by atoms with Crippen molar-refractivity contribution in [3.8, 4) is 5.69 Å². The van der Waals surface area contributed by atoms with Crippen LogP contribution in [0.15, 0.2) is 78.2 Å². The van der Waals surface area contributed by atoms with Crippen molar-refractivity contribution in [1.82, 2.24) is 9.99 Å². The van der Waals surface area contributed by atoms with E-state index in [1.807, 2.05) is 59.4 Å². The first-order valence-electron chi connectivity index (χ1n) is 9.21.